The van der Waals surface area contributed by atoms with Gasteiger partial charge in [-0.05, 0) is 38.5 Å². The van der Waals surface area contributed by atoms with Crippen molar-refractivity contribution in [2.24, 2.45) is 5.41 Å². The minimum absolute atomic E-state index is 0.0926. The van der Waals surface area contributed by atoms with Crippen LogP contribution in [0.3, 0.4) is 0 Å². The molecule has 0 spiro atoms. The molecule has 6 nitrogen and oxygen atoms in total. The van der Waals surface area contributed by atoms with Crippen molar-refractivity contribution < 1.29 is 19.1 Å². The number of nitrogens with zero attached hydrogens (tertiary/aromatic N) is 1. The van der Waals surface area contributed by atoms with E-state index in [0.29, 0.717) is 5.75 Å². The molecule has 0 unspecified atom stereocenters. The summed E-state index contributed by atoms with van der Waals surface area (Å²) in [5.74, 6) is -0.410. The summed E-state index contributed by atoms with van der Waals surface area (Å²) in [4.78, 5) is 36.5. The molecule has 112 valence electrons. The molecule has 2 rings (SSSR count). The number of hydrogen-bond donors (Lipinski definition) is 1. The minimum atomic E-state index is -1.24. The van der Waals surface area contributed by atoms with Crippen molar-refractivity contribution >= 4 is 17.8 Å². The van der Waals surface area contributed by atoms with E-state index in [2.05, 4.69) is 5.32 Å². The van der Waals surface area contributed by atoms with Crippen molar-refractivity contribution in [2.45, 2.75) is 20.8 Å². The second kappa shape index (κ2) is 5.55. The number of barbiturate groups is 1. The maximum absolute atomic E-state index is 12.2. The maximum atomic E-state index is 12.2. The predicted octanol–water partition coefficient (Wildman–Crippen LogP) is 1.48. The number of aryl methyl sites for hydroxylation is 1. The summed E-state index contributed by atoms with van der Waals surface area (Å²) in [5.41, 5.74) is -0.178. The fraction of sp³-hybridized carbons (Fsp3) is 0.400. The average molecular weight is 290 g/mol. The summed E-state index contributed by atoms with van der Waals surface area (Å²) < 4.78 is 5.52. The molecule has 6 heteroatoms. The van der Waals surface area contributed by atoms with Gasteiger partial charge in [0.15, 0.2) is 0 Å². The van der Waals surface area contributed by atoms with Crippen LogP contribution in [0.25, 0.3) is 0 Å². The van der Waals surface area contributed by atoms with Crippen LogP contribution in [0.5, 0.6) is 5.75 Å². The molecule has 0 radical (unpaired) electrons. The summed E-state index contributed by atoms with van der Waals surface area (Å²) in [6.45, 7) is 5.20. The molecule has 4 amide bonds. The highest BCUT2D eigenvalue weighted by Gasteiger charge is 2.46. The number of nitrogens with one attached hydrogen (secondary N) is 1. The Morgan fingerprint density at radius 1 is 1.24 bits per heavy atom. The molecular weight excluding hydrogens is 272 g/mol. The molecule has 1 aliphatic rings. The molecule has 0 aromatic heterocycles. The molecule has 1 N–H and O–H groups in total. The lowest BCUT2D eigenvalue weighted by atomic mass is 9.89. The van der Waals surface area contributed by atoms with Crippen molar-refractivity contribution in [3.05, 3.63) is 29.8 Å². The second-order valence-corrected chi connectivity index (χ2v) is 5.51. The molecule has 0 aliphatic carbocycles. The van der Waals surface area contributed by atoms with Gasteiger partial charge in [-0.3, -0.25) is 19.8 Å². The number of carbonyl (C=O) groups is 3. The number of imide groups is 2. The van der Waals surface area contributed by atoms with Crippen LogP contribution in [0, 0.1) is 12.3 Å². The predicted molar refractivity (Wildman–Crippen MR) is 75.7 cm³/mol. The summed E-state index contributed by atoms with van der Waals surface area (Å²) in [6.07, 6.45) is 0. The molecule has 1 saturated heterocycles. The molecule has 0 atom stereocenters. The van der Waals surface area contributed by atoms with Crippen molar-refractivity contribution in [3.63, 3.8) is 0 Å². The van der Waals surface area contributed by atoms with Gasteiger partial charge in [0.2, 0.25) is 11.8 Å². The Morgan fingerprint density at radius 3 is 2.62 bits per heavy atom. The Balaban J connectivity index is 1.98. The van der Waals surface area contributed by atoms with Crippen LogP contribution in [0.1, 0.15) is 19.4 Å². The van der Waals surface area contributed by atoms with Crippen LogP contribution in [-0.2, 0) is 9.59 Å². The van der Waals surface area contributed by atoms with Gasteiger partial charge in [0.05, 0.1) is 6.54 Å². The Labute approximate surface area is 123 Å². The topological polar surface area (TPSA) is 75.7 Å². The average Bonchev–Trinajstić information content (AvgIpc) is 2.41. The fourth-order valence-electron chi connectivity index (χ4n) is 2.01. The highest BCUT2D eigenvalue weighted by atomic mass is 16.5. The van der Waals surface area contributed by atoms with Crippen molar-refractivity contribution in [3.8, 4) is 5.75 Å². The lowest BCUT2D eigenvalue weighted by molar-refractivity contribution is -0.149. The van der Waals surface area contributed by atoms with Crippen LogP contribution in [0.4, 0.5) is 4.79 Å². The van der Waals surface area contributed by atoms with Gasteiger partial charge in [0.25, 0.3) is 0 Å². The van der Waals surface area contributed by atoms with Gasteiger partial charge in [-0.2, -0.15) is 0 Å². The fourth-order valence-corrected chi connectivity index (χ4v) is 2.01. The minimum Gasteiger partial charge on any atom is -0.492 e. The van der Waals surface area contributed by atoms with Crippen molar-refractivity contribution in [1.82, 2.24) is 10.2 Å². The van der Waals surface area contributed by atoms with E-state index in [4.69, 9.17) is 4.74 Å². The van der Waals surface area contributed by atoms with Crippen molar-refractivity contribution in [2.75, 3.05) is 13.2 Å². The molecule has 1 fully saturated rings. The monoisotopic (exact) mass is 290 g/mol. The number of amides is 4. The molecule has 0 saturated carbocycles. The second-order valence-electron chi connectivity index (χ2n) is 5.51. The van der Waals surface area contributed by atoms with Crippen LogP contribution in [0.2, 0.25) is 0 Å². The third kappa shape index (κ3) is 3.04. The molecule has 1 aromatic carbocycles. The zero-order valence-electron chi connectivity index (χ0n) is 12.3. The van der Waals surface area contributed by atoms with E-state index in [1.807, 2.05) is 25.1 Å². The Morgan fingerprint density at radius 2 is 1.95 bits per heavy atom. The van der Waals surface area contributed by atoms with Gasteiger partial charge in [-0.25, -0.2) is 4.79 Å². The van der Waals surface area contributed by atoms with E-state index in [0.717, 1.165) is 10.5 Å². The lowest BCUT2D eigenvalue weighted by Gasteiger charge is -2.34. The van der Waals surface area contributed by atoms with Crippen LogP contribution < -0.4 is 10.1 Å². The zero-order valence-corrected chi connectivity index (χ0v) is 12.3. The Hall–Kier alpha value is -2.37. The maximum Gasteiger partial charge on any atom is 0.330 e. The van der Waals surface area contributed by atoms with Crippen LogP contribution in [-0.4, -0.2) is 35.9 Å². The highest BCUT2D eigenvalue weighted by Crippen LogP contribution is 2.23. The molecule has 21 heavy (non-hydrogen) atoms. The molecule has 1 aliphatic heterocycles. The molecule has 1 aromatic rings. The summed E-state index contributed by atoms with van der Waals surface area (Å²) in [7, 11) is 0. The Kier molecular flexibility index (Phi) is 3.97. The van der Waals surface area contributed by atoms with E-state index in [1.54, 1.807) is 6.07 Å². The Bertz CT molecular complexity index is 595. The number of ether oxygens (including phenoxy) is 1. The summed E-state index contributed by atoms with van der Waals surface area (Å²) in [6, 6.07) is 6.79. The van der Waals surface area contributed by atoms with Gasteiger partial charge < -0.3 is 4.74 Å². The first-order valence-electron chi connectivity index (χ1n) is 6.69. The van der Waals surface area contributed by atoms with Gasteiger partial charge >= 0.3 is 6.03 Å². The first-order valence-corrected chi connectivity index (χ1v) is 6.69. The molecule has 1 heterocycles. The van der Waals surface area contributed by atoms with Crippen LogP contribution in [0.15, 0.2) is 24.3 Å². The van der Waals surface area contributed by atoms with E-state index in [1.165, 1.54) is 13.8 Å². The number of hydrogen-bond acceptors (Lipinski definition) is 4. The third-order valence-corrected chi connectivity index (χ3v) is 3.39. The largest absolute Gasteiger partial charge is 0.492 e. The van der Waals surface area contributed by atoms with Crippen molar-refractivity contribution in [1.29, 1.82) is 0 Å². The lowest BCUT2D eigenvalue weighted by Crippen LogP contribution is -2.62. The quantitative estimate of drug-likeness (QED) is 0.852. The summed E-state index contributed by atoms with van der Waals surface area (Å²) >= 11 is 0. The molecule has 0 bridgehead atoms. The highest BCUT2D eigenvalue weighted by molar-refractivity contribution is 6.18. The first kappa shape index (κ1) is 15.0. The number of carbonyl (C=O) groups excluding carboxylic acids is 3. The van der Waals surface area contributed by atoms with Gasteiger partial charge in [-0.15, -0.1) is 0 Å². The third-order valence-electron chi connectivity index (χ3n) is 3.39. The first-order chi connectivity index (χ1) is 9.82. The van der Waals surface area contributed by atoms with E-state index >= 15 is 0 Å². The SMILES string of the molecule is Cc1cccc(OCCN2C(=O)NC(=O)C(C)(C)C2=O)c1. The number of benzene rings is 1. The van der Waals surface area contributed by atoms with Gasteiger partial charge in [0, 0.05) is 0 Å². The van der Waals surface area contributed by atoms with E-state index < -0.39 is 23.3 Å². The van der Waals surface area contributed by atoms with Gasteiger partial charge in [-0.1, -0.05) is 12.1 Å². The standard InChI is InChI=1S/C15H18N2O4/c1-10-5-4-6-11(9-10)21-8-7-17-13(19)15(2,3)12(18)16-14(17)20/h4-6,9H,7-8H2,1-3H3,(H,16,18,20). The van der Waals surface area contributed by atoms with E-state index in [9.17, 15) is 14.4 Å². The number of urea groups is 1. The van der Waals surface area contributed by atoms with Gasteiger partial charge in [0.1, 0.15) is 17.8 Å². The summed E-state index contributed by atoms with van der Waals surface area (Å²) in [5, 5.41) is 2.18. The molecular formula is C15H18N2O4. The smallest absolute Gasteiger partial charge is 0.330 e. The van der Waals surface area contributed by atoms with E-state index in [-0.39, 0.29) is 13.2 Å². The number of rotatable bonds is 4. The van der Waals surface area contributed by atoms with Crippen LogP contribution >= 0.6 is 0 Å². The zero-order chi connectivity index (χ0) is 15.6. The normalized spacial score (nSPS) is 17.7.